The van der Waals surface area contributed by atoms with Crippen LogP contribution in [-0.2, 0) is 9.59 Å². The van der Waals surface area contributed by atoms with E-state index in [1.807, 2.05) is 4.90 Å². The molecule has 2 unspecified atom stereocenters. The summed E-state index contributed by atoms with van der Waals surface area (Å²) in [4.78, 5) is 38.3. The standard InChI is InChI=1S/C22H31N3O3/c1-21(2)11-17-12-22(3,13-21)14-25(17)20(28)15-5-7-16(8-6-15)24-19(27)10-9-18(26)23-4/h5-8,17H,9-14H2,1-4H3,(H,23,26)(H,24,27). The molecule has 2 atom stereocenters. The Morgan fingerprint density at radius 2 is 1.68 bits per heavy atom. The maximum absolute atomic E-state index is 13.1. The van der Waals surface area contributed by atoms with Crippen molar-refractivity contribution in [1.29, 1.82) is 0 Å². The van der Waals surface area contributed by atoms with Crippen molar-refractivity contribution in [3.63, 3.8) is 0 Å². The number of rotatable bonds is 5. The number of amides is 3. The van der Waals surface area contributed by atoms with Crippen LogP contribution < -0.4 is 10.6 Å². The highest BCUT2D eigenvalue weighted by Gasteiger charge is 2.50. The van der Waals surface area contributed by atoms with E-state index >= 15 is 0 Å². The highest BCUT2D eigenvalue weighted by Crippen LogP contribution is 2.52. The minimum absolute atomic E-state index is 0.0731. The fourth-order valence-electron chi connectivity index (χ4n) is 5.13. The van der Waals surface area contributed by atoms with Gasteiger partial charge in [0.1, 0.15) is 0 Å². The third kappa shape index (κ3) is 4.54. The fourth-order valence-corrected chi connectivity index (χ4v) is 5.13. The van der Waals surface area contributed by atoms with Crippen LogP contribution >= 0.6 is 0 Å². The summed E-state index contributed by atoms with van der Waals surface area (Å²) in [5, 5.41) is 5.26. The van der Waals surface area contributed by atoms with Gasteiger partial charge >= 0.3 is 0 Å². The molecule has 152 valence electrons. The van der Waals surface area contributed by atoms with E-state index in [-0.39, 0.29) is 41.4 Å². The first-order valence-corrected chi connectivity index (χ1v) is 10.0. The zero-order chi connectivity index (χ0) is 20.5. The number of anilines is 1. The molecule has 2 bridgehead atoms. The second-order valence-corrected chi connectivity index (χ2v) is 9.45. The summed E-state index contributed by atoms with van der Waals surface area (Å²) in [5.74, 6) is -0.307. The highest BCUT2D eigenvalue weighted by atomic mass is 16.2. The molecule has 28 heavy (non-hydrogen) atoms. The molecule has 0 radical (unpaired) electrons. The summed E-state index contributed by atoms with van der Waals surface area (Å²) in [6.07, 6.45) is 3.57. The van der Waals surface area contributed by atoms with Crippen LogP contribution in [0.1, 0.15) is 63.2 Å². The van der Waals surface area contributed by atoms with Gasteiger partial charge in [0.15, 0.2) is 0 Å². The van der Waals surface area contributed by atoms with Gasteiger partial charge in [-0.2, -0.15) is 0 Å². The molecule has 1 saturated carbocycles. The van der Waals surface area contributed by atoms with Crippen LogP contribution in [0.4, 0.5) is 5.69 Å². The molecule has 2 fully saturated rings. The molecule has 1 heterocycles. The van der Waals surface area contributed by atoms with Crippen LogP contribution in [-0.4, -0.2) is 42.3 Å². The largest absolute Gasteiger partial charge is 0.359 e. The van der Waals surface area contributed by atoms with Crippen LogP contribution in [0.15, 0.2) is 24.3 Å². The van der Waals surface area contributed by atoms with Crippen molar-refractivity contribution >= 4 is 23.4 Å². The molecule has 6 heteroatoms. The van der Waals surface area contributed by atoms with Gasteiger partial charge in [-0.15, -0.1) is 0 Å². The lowest BCUT2D eigenvalue weighted by Gasteiger charge is -2.39. The Balaban J connectivity index is 1.61. The van der Waals surface area contributed by atoms with Gasteiger partial charge in [0.25, 0.3) is 5.91 Å². The molecule has 2 aliphatic rings. The second-order valence-electron chi connectivity index (χ2n) is 9.45. The number of fused-ring (bicyclic) bond motifs is 2. The number of hydrogen-bond acceptors (Lipinski definition) is 3. The van der Waals surface area contributed by atoms with Gasteiger partial charge in [-0.3, -0.25) is 14.4 Å². The van der Waals surface area contributed by atoms with E-state index in [9.17, 15) is 14.4 Å². The van der Waals surface area contributed by atoms with E-state index in [1.54, 1.807) is 31.3 Å². The summed E-state index contributed by atoms with van der Waals surface area (Å²) in [6.45, 7) is 7.71. The quantitative estimate of drug-likeness (QED) is 0.817. The lowest BCUT2D eigenvalue weighted by molar-refractivity contribution is -0.124. The first kappa shape index (κ1) is 20.4. The smallest absolute Gasteiger partial charge is 0.254 e. The topological polar surface area (TPSA) is 78.5 Å². The van der Waals surface area contributed by atoms with Crippen molar-refractivity contribution in [2.24, 2.45) is 10.8 Å². The SMILES string of the molecule is CNC(=O)CCC(=O)Nc1ccc(C(=O)N2CC3(C)CC2CC(C)(C)C3)cc1. The number of benzene rings is 1. The molecule has 3 amide bonds. The summed E-state index contributed by atoms with van der Waals surface area (Å²) < 4.78 is 0. The zero-order valence-corrected chi connectivity index (χ0v) is 17.3. The van der Waals surface area contributed by atoms with Gasteiger partial charge in [0.2, 0.25) is 11.8 Å². The summed E-state index contributed by atoms with van der Waals surface area (Å²) in [5.41, 5.74) is 1.76. The molecule has 1 saturated heterocycles. The number of nitrogens with one attached hydrogen (secondary N) is 2. The minimum atomic E-state index is -0.217. The Bertz CT molecular complexity index is 772. The van der Waals surface area contributed by atoms with E-state index in [0.29, 0.717) is 17.3 Å². The van der Waals surface area contributed by atoms with Gasteiger partial charge < -0.3 is 15.5 Å². The Morgan fingerprint density at radius 1 is 1.04 bits per heavy atom. The lowest BCUT2D eigenvalue weighted by Crippen LogP contribution is -2.37. The van der Waals surface area contributed by atoms with Crippen molar-refractivity contribution in [3.8, 4) is 0 Å². The molecular formula is C22H31N3O3. The van der Waals surface area contributed by atoms with Crippen LogP contribution in [0.3, 0.4) is 0 Å². The molecule has 1 aromatic carbocycles. The predicted octanol–water partition coefficient (Wildman–Crippen LogP) is 3.19. The Labute approximate surface area is 167 Å². The Hall–Kier alpha value is -2.37. The highest BCUT2D eigenvalue weighted by molar-refractivity contribution is 5.96. The number of hydrogen-bond donors (Lipinski definition) is 2. The third-order valence-electron chi connectivity index (χ3n) is 5.95. The zero-order valence-electron chi connectivity index (χ0n) is 17.3. The summed E-state index contributed by atoms with van der Waals surface area (Å²) in [6, 6.07) is 7.35. The number of nitrogens with zero attached hydrogens (tertiary/aromatic N) is 1. The van der Waals surface area contributed by atoms with Crippen molar-refractivity contribution in [3.05, 3.63) is 29.8 Å². The minimum Gasteiger partial charge on any atom is -0.359 e. The average molecular weight is 386 g/mol. The maximum Gasteiger partial charge on any atom is 0.254 e. The molecule has 0 spiro atoms. The molecule has 2 N–H and O–H groups in total. The molecule has 1 aliphatic carbocycles. The van der Waals surface area contributed by atoms with Gasteiger partial charge in [-0.25, -0.2) is 0 Å². The van der Waals surface area contributed by atoms with E-state index in [1.165, 1.54) is 0 Å². The van der Waals surface area contributed by atoms with Gasteiger partial charge in [-0.05, 0) is 54.4 Å². The van der Waals surface area contributed by atoms with Crippen LogP contribution in [0.2, 0.25) is 0 Å². The maximum atomic E-state index is 13.1. The van der Waals surface area contributed by atoms with Crippen molar-refractivity contribution in [2.75, 3.05) is 18.9 Å². The third-order valence-corrected chi connectivity index (χ3v) is 5.95. The average Bonchev–Trinajstić information content (AvgIpc) is 2.88. The normalized spacial score (nSPS) is 25.3. The van der Waals surface area contributed by atoms with Gasteiger partial charge in [0, 0.05) is 43.7 Å². The number of likely N-dealkylation sites (tertiary alicyclic amines) is 1. The molecule has 3 rings (SSSR count). The number of carbonyl (C=O) groups excluding carboxylic acids is 3. The van der Waals surface area contributed by atoms with E-state index in [0.717, 1.165) is 25.8 Å². The molecule has 1 aliphatic heterocycles. The first-order valence-electron chi connectivity index (χ1n) is 10.0. The van der Waals surface area contributed by atoms with E-state index in [2.05, 4.69) is 31.4 Å². The lowest BCUT2D eigenvalue weighted by atomic mass is 9.65. The molecule has 0 aromatic heterocycles. The van der Waals surface area contributed by atoms with E-state index in [4.69, 9.17) is 0 Å². The van der Waals surface area contributed by atoms with Gasteiger partial charge in [-0.1, -0.05) is 20.8 Å². The first-order chi connectivity index (χ1) is 13.1. The van der Waals surface area contributed by atoms with Crippen LogP contribution in [0, 0.1) is 10.8 Å². The Kier molecular flexibility index (Phi) is 5.50. The summed E-state index contributed by atoms with van der Waals surface area (Å²) in [7, 11) is 1.55. The van der Waals surface area contributed by atoms with Crippen molar-refractivity contribution < 1.29 is 14.4 Å². The second kappa shape index (κ2) is 7.57. The Morgan fingerprint density at radius 3 is 2.32 bits per heavy atom. The van der Waals surface area contributed by atoms with Gasteiger partial charge in [0.05, 0.1) is 0 Å². The molecular weight excluding hydrogens is 354 g/mol. The predicted molar refractivity (Wildman–Crippen MR) is 109 cm³/mol. The summed E-state index contributed by atoms with van der Waals surface area (Å²) >= 11 is 0. The van der Waals surface area contributed by atoms with Crippen LogP contribution in [0.25, 0.3) is 0 Å². The van der Waals surface area contributed by atoms with Crippen molar-refractivity contribution in [1.82, 2.24) is 10.2 Å². The van der Waals surface area contributed by atoms with Crippen LogP contribution in [0.5, 0.6) is 0 Å². The van der Waals surface area contributed by atoms with Crippen molar-refractivity contribution in [2.45, 2.75) is 58.9 Å². The molecule has 6 nitrogen and oxygen atoms in total. The monoisotopic (exact) mass is 385 g/mol. The number of carbonyl (C=O) groups is 3. The fraction of sp³-hybridized carbons (Fsp3) is 0.591. The van der Waals surface area contributed by atoms with E-state index < -0.39 is 0 Å². The molecule has 1 aromatic rings.